The fourth-order valence-corrected chi connectivity index (χ4v) is 1.96. The molecule has 0 aliphatic carbocycles. The number of rotatable bonds is 7. The Kier molecular flexibility index (Phi) is 6.10. The van der Waals surface area contributed by atoms with Gasteiger partial charge in [0.2, 0.25) is 0 Å². The molecule has 0 aliphatic rings. The van der Waals surface area contributed by atoms with Crippen LogP contribution in [-0.2, 0) is 4.79 Å². The van der Waals surface area contributed by atoms with Gasteiger partial charge >= 0.3 is 0 Å². The highest BCUT2D eigenvalue weighted by atomic mass is 35.5. The first-order valence-electron chi connectivity index (χ1n) is 6.98. The van der Waals surface area contributed by atoms with Crippen LogP contribution in [0.25, 0.3) is 0 Å². The van der Waals surface area contributed by atoms with Crippen LogP contribution in [0.1, 0.15) is 5.56 Å². The molecule has 116 valence electrons. The lowest BCUT2D eigenvalue weighted by atomic mass is 10.2. The summed E-state index contributed by atoms with van der Waals surface area (Å²) in [6, 6.07) is 14.8. The molecule has 5 heteroatoms. The predicted molar refractivity (Wildman–Crippen MR) is 86.6 cm³/mol. The molecule has 2 aromatic rings. The van der Waals surface area contributed by atoms with Gasteiger partial charge < -0.3 is 14.8 Å². The fraction of sp³-hybridized carbons (Fsp3) is 0.235. The highest BCUT2D eigenvalue weighted by Crippen LogP contribution is 2.24. The fourth-order valence-electron chi connectivity index (χ4n) is 1.79. The van der Waals surface area contributed by atoms with E-state index in [1.54, 1.807) is 18.2 Å². The first-order valence-corrected chi connectivity index (χ1v) is 7.36. The van der Waals surface area contributed by atoms with Crippen LogP contribution in [0.15, 0.2) is 48.5 Å². The van der Waals surface area contributed by atoms with Crippen LogP contribution in [0, 0.1) is 6.92 Å². The molecule has 0 saturated heterocycles. The normalized spacial score (nSPS) is 10.1. The van der Waals surface area contributed by atoms with E-state index in [1.807, 2.05) is 37.3 Å². The van der Waals surface area contributed by atoms with Gasteiger partial charge in [0, 0.05) is 0 Å². The number of nitrogens with one attached hydrogen (secondary N) is 1. The van der Waals surface area contributed by atoms with Crippen molar-refractivity contribution in [2.24, 2.45) is 0 Å². The second-order valence-electron chi connectivity index (χ2n) is 4.73. The lowest BCUT2D eigenvalue weighted by molar-refractivity contribution is -0.123. The number of carbonyl (C=O) groups is 1. The van der Waals surface area contributed by atoms with E-state index in [0.29, 0.717) is 29.7 Å². The van der Waals surface area contributed by atoms with Crippen molar-refractivity contribution in [2.75, 3.05) is 19.8 Å². The molecule has 0 fully saturated rings. The topological polar surface area (TPSA) is 47.6 Å². The van der Waals surface area contributed by atoms with Crippen molar-refractivity contribution in [2.45, 2.75) is 6.92 Å². The van der Waals surface area contributed by atoms with Gasteiger partial charge in [0.15, 0.2) is 6.61 Å². The number of amides is 1. The summed E-state index contributed by atoms with van der Waals surface area (Å²) in [7, 11) is 0. The molecule has 0 unspecified atom stereocenters. The first-order chi connectivity index (χ1) is 10.6. The van der Waals surface area contributed by atoms with Crippen LogP contribution in [-0.4, -0.2) is 25.7 Å². The average Bonchev–Trinajstić information content (AvgIpc) is 2.53. The summed E-state index contributed by atoms with van der Waals surface area (Å²) in [6.45, 7) is 2.68. The Bertz CT molecular complexity index is 617. The largest absolute Gasteiger partial charge is 0.490 e. The monoisotopic (exact) mass is 319 g/mol. The Morgan fingerprint density at radius 1 is 1.14 bits per heavy atom. The van der Waals surface area contributed by atoms with E-state index in [2.05, 4.69) is 5.32 Å². The van der Waals surface area contributed by atoms with Crippen molar-refractivity contribution in [3.8, 4) is 11.5 Å². The minimum absolute atomic E-state index is 0.0186. The zero-order chi connectivity index (χ0) is 15.8. The summed E-state index contributed by atoms with van der Waals surface area (Å²) in [5.41, 5.74) is 1.07. The van der Waals surface area contributed by atoms with E-state index in [4.69, 9.17) is 21.1 Å². The third-order valence-electron chi connectivity index (χ3n) is 2.88. The van der Waals surface area contributed by atoms with Gasteiger partial charge in [-0.25, -0.2) is 0 Å². The summed E-state index contributed by atoms with van der Waals surface area (Å²) in [5.74, 6) is 1.10. The van der Waals surface area contributed by atoms with E-state index in [0.717, 1.165) is 5.56 Å². The van der Waals surface area contributed by atoms with Gasteiger partial charge in [-0.3, -0.25) is 4.79 Å². The molecule has 1 N–H and O–H groups in total. The third-order valence-corrected chi connectivity index (χ3v) is 3.19. The van der Waals surface area contributed by atoms with Crippen molar-refractivity contribution < 1.29 is 14.3 Å². The second-order valence-corrected chi connectivity index (χ2v) is 5.14. The number of halogens is 1. The van der Waals surface area contributed by atoms with Crippen LogP contribution < -0.4 is 14.8 Å². The Labute approximate surface area is 135 Å². The van der Waals surface area contributed by atoms with E-state index in [1.165, 1.54) is 0 Å². The smallest absolute Gasteiger partial charge is 0.258 e. The van der Waals surface area contributed by atoms with Crippen LogP contribution in [0.3, 0.4) is 0 Å². The number of hydrogen-bond acceptors (Lipinski definition) is 3. The number of aryl methyl sites for hydroxylation is 1. The Balaban J connectivity index is 1.66. The van der Waals surface area contributed by atoms with Crippen LogP contribution in [0.4, 0.5) is 0 Å². The Morgan fingerprint density at radius 2 is 1.91 bits per heavy atom. The SMILES string of the molecule is Cc1ccc(Cl)c(OCCNC(=O)COc2ccccc2)c1. The van der Waals surface area contributed by atoms with Crippen LogP contribution in [0.2, 0.25) is 5.02 Å². The van der Waals surface area contributed by atoms with Gasteiger partial charge in [0.25, 0.3) is 5.91 Å². The van der Waals surface area contributed by atoms with Crippen molar-refractivity contribution >= 4 is 17.5 Å². The minimum atomic E-state index is -0.192. The Hall–Kier alpha value is -2.20. The summed E-state index contributed by atoms with van der Waals surface area (Å²) in [5, 5.41) is 3.28. The number of ether oxygens (including phenoxy) is 2. The van der Waals surface area contributed by atoms with Crippen molar-refractivity contribution in [1.29, 1.82) is 0 Å². The quantitative estimate of drug-likeness (QED) is 0.797. The van der Waals surface area contributed by atoms with Gasteiger partial charge in [-0.1, -0.05) is 35.9 Å². The first kappa shape index (κ1) is 16.2. The zero-order valence-corrected chi connectivity index (χ0v) is 13.1. The summed E-state index contributed by atoms with van der Waals surface area (Å²) >= 11 is 6.02. The van der Waals surface area contributed by atoms with Gasteiger partial charge in [-0.05, 0) is 36.8 Å². The molecule has 0 atom stereocenters. The number of benzene rings is 2. The molecule has 4 nitrogen and oxygen atoms in total. The standard InChI is InChI=1S/C17H18ClNO3/c1-13-7-8-15(18)16(11-13)21-10-9-19-17(20)12-22-14-5-3-2-4-6-14/h2-8,11H,9-10,12H2,1H3,(H,19,20). The van der Waals surface area contributed by atoms with Gasteiger partial charge in [0.05, 0.1) is 11.6 Å². The van der Waals surface area contributed by atoms with E-state index in [-0.39, 0.29) is 12.5 Å². The van der Waals surface area contributed by atoms with E-state index in [9.17, 15) is 4.79 Å². The third kappa shape index (κ3) is 5.30. The molecule has 22 heavy (non-hydrogen) atoms. The average molecular weight is 320 g/mol. The van der Waals surface area contributed by atoms with Crippen molar-refractivity contribution in [1.82, 2.24) is 5.32 Å². The number of hydrogen-bond donors (Lipinski definition) is 1. The summed E-state index contributed by atoms with van der Waals surface area (Å²) < 4.78 is 10.9. The number of carbonyl (C=O) groups excluding carboxylic acids is 1. The highest BCUT2D eigenvalue weighted by Gasteiger charge is 2.04. The maximum Gasteiger partial charge on any atom is 0.258 e. The van der Waals surface area contributed by atoms with Crippen LogP contribution in [0.5, 0.6) is 11.5 Å². The summed E-state index contributed by atoms with van der Waals surface area (Å²) in [4.78, 5) is 11.6. The lowest BCUT2D eigenvalue weighted by Gasteiger charge is -2.10. The molecule has 0 saturated carbocycles. The number of para-hydroxylation sites is 1. The van der Waals surface area contributed by atoms with Gasteiger partial charge in [-0.15, -0.1) is 0 Å². The second kappa shape index (κ2) is 8.29. The summed E-state index contributed by atoms with van der Waals surface area (Å²) in [6.07, 6.45) is 0. The molecule has 1 amide bonds. The van der Waals surface area contributed by atoms with E-state index >= 15 is 0 Å². The zero-order valence-electron chi connectivity index (χ0n) is 12.3. The molecular formula is C17H18ClNO3. The van der Waals surface area contributed by atoms with Crippen LogP contribution >= 0.6 is 11.6 Å². The maximum atomic E-state index is 11.6. The molecule has 0 spiro atoms. The van der Waals surface area contributed by atoms with Crippen molar-refractivity contribution in [3.63, 3.8) is 0 Å². The minimum Gasteiger partial charge on any atom is -0.490 e. The highest BCUT2D eigenvalue weighted by molar-refractivity contribution is 6.32. The van der Waals surface area contributed by atoms with Gasteiger partial charge in [-0.2, -0.15) is 0 Å². The predicted octanol–water partition coefficient (Wildman–Crippen LogP) is 3.22. The van der Waals surface area contributed by atoms with E-state index < -0.39 is 0 Å². The molecular weight excluding hydrogens is 302 g/mol. The molecule has 0 aromatic heterocycles. The van der Waals surface area contributed by atoms with Gasteiger partial charge in [0.1, 0.15) is 18.1 Å². The molecule has 0 heterocycles. The molecule has 0 bridgehead atoms. The van der Waals surface area contributed by atoms with Crippen molar-refractivity contribution in [3.05, 3.63) is 59.1 Å². The molecule has 2 rings (SSSR count). The lowest BCUT2D eigenvalue weighted by Crippen LogP contribution is -2.32. The Morgan fingerprint density at radius 3 is 2.68 bits per heavy atom. The molecule has 0 radical (unpaired) electrons. The molecule has 0 aliphatic heterocycles. The maximum absolute atomic E-state index is 11.6. The molecule has 2 aromatic carbocycles.